The van der Waals surface area contributed by atoms with Crippen LogP contribution in [0.15, 0.2) is 17.1 Å². The van der Waals surface area contributed by atoms with Gasteiger partial charge in [0.25, 0.3) is 5.56 Å². The number of nitrogen functional groups attached to an aromatic ring is 1. The van der Waals surface area contributed by atoms with Gasteiger partial charge in [-0.15, -0.1) is 0 Å². The summed E-state index contributed by atoms with van der Waals surface area (Å²) in [7, 11) is 1.32. The summed E-state index contributed by atoms with van der Waals surface area (Å²) in [5.74, 6) is -0.769. The van der Waals surface area contributed by atoms with E-state index in [0.29, 0.717) is 16.9 Å². The van der Waals surface area contributed by atoms with Gasteiger partial charge in [-0.3, -0.25) is 9.36 Å². The van der Waals surface area contributed by atoms with Crippen molar-refractivity contribution in [3.05, 3.63) is 34.1 Å². The Hall–Kier alpha value is -3.10. The summed E-state index contributed by atoms with van der Waals surface area (Å²) in [4.78, 5) is 29.4. The van der Waals surface area contributed by atoms with Crippen LogP contribution >= 0.6 is 0 Å². The average Bonchev–Trinajstić information content (AvgIpc) is 2.53. The van der Waals surface area contributed by atoms with Gasteiger partial charge in [-0.25, -0.2) is 19.3 Å². The molecule has 0 radical (unpaired) electrons. The van der Waals surface area contributed by atoms with E-state index in [1.54, 1.807) is 6.92 Å². The SMILES string of the molecule is COc1ncc(-c2nc3c(C)nc(N)nc3n(C(C)C)c2=O)cc1F. The summed E-state index contributed by atoms with van der Waals surface area (Å²) in [6.45, 7) is 5.40. The number of nitrogens with zero attached hydrogens (tertiary/aromatic N) is 5. The average molecular weight is 344 g/mol. The molecule has 0 aliphatic carbocycles. The van der Waals surface area contributed by atoms with Crippen molar-refractivity contribution < 1.29 is 9.13 Å². The molecule has 130 valence electrons. The highest BCUT2D eigenvalue weighted by atomic mass is 19.1. The Morgan fingerprint density at radius 2 is 2.00 bits per heavy atom. The van der Waals surface area contributed by atoms with E-state index in [4.69, 9.17) is 10.5 Å². The first-order valence-electron chi connectivity index (χ1n) is 7.59. The van der Waals surface area contributed by atoms with Crippen LogP contribution in [0.3, 0.4) is 0 Å². The van der Waals surface area contributed by atoms with Crippen molar-refractivity contribution in [2.75, 3.05) is 12.8 Å². The fraction of sp³-hybridized carbons (Fsp3) is 0.312. The molecule has 0 bridgehead atoms. The fourth-order valence-electron chi connectivity index (χ4n) is 2.61. The van der Waals surface area contributed by atoms with Crippen molar-refractivity contribution in [2.45, 2.75) is 26.8 Å². The topological polar surface area (TPSA) is 109 Å². The van der Waals surface area contributed by atoms with Crippen molar-refractivity contribution in [1.29, 1.82) is 0 Å². The van der Waals surface area contributed by atoms with E-state index in [9.17, 15) is 9.18 Å². The Labute approximate surface area is 142 Å². The first-order valence-corrected chi connectivity index (χ1v) is 7.59. The predicted molar refractivity (Wildman–Crippen MR) is 90.9 cm³/mol. The Morgan fingerprint density at radius 3 is 2.60 bits per heavy atom. The van der Waals surface area contributed by atoms with E-state index in [2.05, 4.69) is 19.9 Å². The minimum absolute atomic E-state index is 0.0607. The maximum Gasteiger partial charge on any atom is 0.279 e. The van der Waals surface area contributed by atoms with E-state index in [0.717, 1.165) is 0 Å². The highest BCUT2D eigenvalue weighted by Gasteiger charge is 2.19. The molecule has 9 heteroatoms. The molecular formula is C16H17FN6O2. The Balaban J connectivity index is 2.39. The first kappa shape index (κ1) is 16.7. The van der Waals surface area contributed by atoms with Gasteiger partial charge in [0.05, 0.1) is 12.8 Å². The molecule has 0 unspecified atom stereocenters. The van der Waals surface area contributed by atoms with Crippen molar-refractivity contribution >= 4 is 17.1 Å². The molecule has 8 nitrogen and oxygen atoms in total. The maximum absolute atomic E-state index is 14.0. The Bertz CT molecular complexity index is 1030. The molecule has 0 aromatic carbocycles. The lowest BCUT2D eigenvalue weighted by molar-refractivity contribution is 0.369. The molecule has 2 N–H and O–H groups in total. The molecule has 3 aromatic heterocycles. The quantitative estimate of drug-likeness (QED) is 0.772. The van der Waals surface area contributed by atoms with Crippen LogP contribution in [0.5, 0.6) is 5.88 Å². The van der Waals surface area contributed by atoms with Gasteiger partial charge in [-0.2, -0.15) is 4.98 Å². The zero-order valence-corrected chi connectivity index (χ0v) is 14.2. The van der Waals surface area contributed by atoms with Crippen molar-refractivity contribution in [2.24, 2.45) is 0 Å². The summed E-state index contributed by atoms with van der Waals surface area (Å²) in [5, 5.41) is 0. The largest absolute Gasteiger partial charge is 0.479 e. The Kier molecular flexibility index (Phi) is 4.07. The summed E-state index contributed by atoms with van der Waals surface area (Å²) in [5.41, 5.74) is 6.90. The number of anilines is 1. The molecule has 0 aliphatic heterocycles. The zero-order chi connectivity index (χ0) is 18.3. The lowest BCUT2D eigenvalue weighted by Gasteiger charge is -2.15. The molecule has 3 heterocycles. The smallest absolute Gasteiger partial charge is 0.279 e. The third-order valence-electron chi connectivity index (χ3n) is 3.72. The summed E-state index contributed by atoms with van der Waals surface area (Å²) in [6, 6.07) is 0.959. The van der Waals surface area contributed by atoms with Crippen molar-refractivity contribution in [3.63, 3.8) is 0 Å². The number of nitrogens with two attached hydrogens (primary N) is 1. The van der Waals surface area contributed by atoms with Crippen molar-refractivity contribution in [3.8, 4) is 17.1 Å². The number of methoxy groups -OCH3 is 1. The third kappa shape index (κ3) is 2.77. The van der Waals surface area contributed by atoms with Gasteiger partial charge in [0.1, 0.15) is 11.2 Å². The number of rotatable bonds is 3. The molecule has 0 atom stereocenters. The Morgan fingerprint density at radius 1 is 1.28 bits per heavy atom. The van der Waals surface area contributed by atoms with E-state index in [1.807, 2.05) is 13.8 Å². The van der Waals surface area contributed by atoms with Gasteiger partial charge < -0.3 is 10.5 Å². The molecule has 3 aromatic rings. The second kappa shape index (κ2) is 6.08. The van der Waals surface area contributed by atoms with Crippen LogP contribution in [0.4, 0.5) is 10.3 Å². The van der Waals surface area contributed by atoms with Crippen LogP contribution in [-0.2, 0) is 0 Å². The van der Waals surface area contributed by atoms with Gasteiger partial charge >= 0.3 is 0 Å². The second-order valence-corrected chi connectivity index (χ2v) is 5.78. The van der Waals surface area contributed by atoms with Crippen LogP contribution in [0.25, 0.3) is 22.4 Å². The highest BCUT2D eigenvalue weighted by Crippen LogP contribution is 2.23. The number of ether oxygens (including phenoxy) is 1. The molecule has 3 rings (SSSR count). The number of fused-ring (bicyclic) bond motifs is 1. The van der Waals surface area contributed by atoms with Crippen LogP contribution < -0.4 is 16.0 Å². The number of aromatic nitrogens is 5. The third-order valence-corrected chi connectivity index (χ3v) is 3.72. The molecule has 0 aliphatic rings. The predicted octanol–water partition coefficient (Wildman–Crippen LogP) is 1.87. The highest BCUT2D eigenvalue weighted by molar-refractivity contribution is 5.77. The summed E-state index contributed by atoms with van der Waals surface area (Å²) < 4.78 is 20.3. The van der Waals surface area contributed by atoms with Gasteiger partial charge in [-0.05, 0) is 26.8 Å². The number of halogens is 1. The van der Waals surface area contributed by atoms with Crippen LogP contribution in [0, 0.1) is 12.7 Å². The van der Waals surface area contributed by atoms with E-state index >= 15 is 0 Å². The van der Waals surface area contributed by atoms with Gasteiger partial charge in [0.15, 0.2) is 11.5 Å². The van der Waals surface area contributed by atoms with Crippen LogP contribution in [0.2, 0.25) is 0 Å². The monoisotopic (exact) mass is 344 g/mol. The van der Waals surface area contributed by atoms with Gasteiger partial charge in [0, 0.05) is 17.8 Å². The van der Waals surface area contributed by atoms with Crippen LogP contribution in [-0.4, -0.2) is 31.6 Å². The fourth-order valence-corrected chi connectivity index (χ4v) is 2.61. The standard InChI is InChI=1S/C16H17FN6O2/c1-7(2)23-13-11(8(3)20-16(18)22-13)21-12(15(23)24)9-5-10(17)14(25-4)19-6-9/h5-7H,1-4H3,(H2,18,20,22). The molecule has 0 saturated carbocycles. The number of hydrogen-bond donors (Lipinski definition) is 1. The summed E-state index contributed by atoms with van der Waals surface area (Å²) in [6.07, 6.45) is 1.34. The first-order chi connectivity index (χ1) is 11.8. The van der Waals surface area contributed by atoms with Crippen molar-refractivity contribution in [1.82, 2.24) is 24.5 Å². The van der Waals surface area contributed by atoms with E-state index < -0.39 is 11.4 Å². The maximum atomic E-state index is 14.0. The minimum atomic E-state index is -0.678. The summed E-state index contributed by atoms with van der Waals surface area (Å²) >= 11 is 0. The number of aryl methyl sites for hydroxylation is 1. The minimum Gasteiger partial charge on any atom is -0.479 e. The lowest BCUT2D eigenvalue weighted by Crippen LogP contribution is -2.26. The number of hydrogen-bond acceptors (Lipinski definition) is 7. The molecule has 0 fully saturated rings. The zero-order valence-electron chi connectivity index (χ0n) is 14.2. The number of pyridine rings is 1. The van der Waals surface area contributed by atoms with E-state index in [-0.39, 0.29) is 29.1 Å². The second-order valence-electron chi connectivity index (χ2n) is 5.78. The van der Waals surface area contributed by atoms with E-state index in [1.165, 1.54) is 23.9 Å². The normalized spacial score (nSPS) is 11.3. The van der Waals surface area contributed by atoms with Gasteiger partial charge in [-0.1, -0.05) is 0 Å². The molecule has 0 spiro atoms. The van der Waals surface area contributed by atoms with Crippen LogP contribution in [0.1, 0.15) is 25.6 Å². The lowest BCUT2D eigenvalue weighted by atomic mass is 10.2. The molecule has 0 saturated heterocycles. The van der Waals surface area contributed by atoms with Gasteiger partial charge in [0.2, 0.25) is 11.8 Å². The molecule has 25 heavy (non-hydrogen) atoms. The molecule has 0 amide bonds. The molecular weight excluding hydrogens is 327 g/mol.